The van der Waals surface area contributed by atoms with Crippen LogP contribution in [0.1, 0.15) is 31.4 Å². The van der Waals surface area contributed by atoms with Crippen LogP contribution in [-0.2, 0) is 4.79 Å². The van der Waals surface area contributed by atoms with Crippen molar-refractivity contribution >= 4 is 17.6 Å². The number of nitrogens with zero attached hydrogens (tertiary/aromatic N) is 4. The standard InChI is InChI=1S/C18H26N4O4/c1-13(14-7-5-9-16(11-14)22(25)26)20(4)17(23)15-8-6-10-21(12-15)18(24)19(2)3/h5,7,9,11,13,15H,6,8,10,12H2,1-4H3/t13-,15-/m0/s1. The lowest BCUT2D eigenvalue weighted by Gasteiger charge is -2.36. The first kappa shape index (κ1) is 19.7. The van der Waals surface area contributed by atoms with E-state index >= 15 is 0 Å². The van der Waals surface area contributed by atoms with Crippen LogP contribution in [0.5, 0.6) is 0 Å². The van der Waals surface area contributed by atoms with Crippen molar-refractivity contribution in [3.05, 3.63) is 39.9 Å². The molecule has 1 aromatic carbocycles. The fraction of sp³-hybridized carbons (Fsp3) is 0.556. The van der Waals surface area contributed by atoms with Gasteiger partial charge in [-0.3, -0.25) is 14.9 Å². The Labute approximate surface area is 153 Å². The second-order valence-corrected chi connectivity index (χ2v) is 6.94. The molecule has 0 saturated carbocycles. The Morgan fingerprint density at radius 2 is 2.00 bits per heavy atom. The van der Waals surface area contributed by atoms with Crippen molar-refractivity contribution in [1.29, 1.82) is 0 Å². The second-order valence-electron chi connectivity index (χ2n) is 6.94. The lowest BCUT2D eigenvalue weighted by molar-refractivity contribution is -0.384. The summed E-state index contributed by atoms with van der Waals surface area (Å²) in [7, 11) is 5.10. The first-order valence-electron chi connectivity index (χ1n) is 8.69. The molecule has 8 nitrogen and oxygen atoms in total. The van der Waals surface area contributed by atoms with Crippen LogP contribution >= 0.6 is 0 Å². The van der Waals surface area contributed by atoms with Gasteiger partial charge in [0.2, 0.25) is 5.91 Å². The predicted octanol–water partition coefficient (Wildman–Crippen LogP) is 2.51. The Kier molecular flexibility index (Phi) is 6.18. The zero-order valence-electron chi connectivity index (χ0n) is 15.7. The Morgan fingerprint density at radius 1 is 1.31 bits per heavy atom. The second kappa shape index (κ2) is 8.16. The van der Waals surface area contributed by atoms with Gasteiger partial charge in [-0.05, 0) is 25.3 Å². The van der Waals surface area contributed by atoms with Gasteiger partial charge < -0.3 is 14.7 Å². The summed E-state index contributed by atoms with van der Waals surface area (Å²) in [6.07, 6.45) is 1.52. The molecular formula is C18H26N4O4. The number of non-ortho nitro benzene ring substituents is 1. The van der Waals surface area contributed by atoms with Gasteiger partial charge in [0, 0.05) is 46.4 Å². The average molecular weight is 362 g/mol. The van der Waals surface area contributed by atoms with Crippen molar-refractivity contribution < 1.29 is 14.5 Å². The summed E-state index contributed by atoms with van der Waals surface area (Å²) in [5.41, 5.74) is 0.725. The summed E-state index contributed by atoms with van der Waals surface area (Å²) in [5.74, 6) is -0.293. The molecule has 1 fully saturated rings. The van der Waals surface area contributed by atoms with Gasteiger partial charge in [-0.1, -0.05) is 12.1 Å². The number of carbonyl (C=O) groups is 2. The molecule has 26 heavy (non-hydrogen) atoms. The number of carbonyl (C=O) groups excluding carboxylic acids is 2. The van der Waals surface area contributed by atoms with Crippen molar-refractivity contribution in [3.8, 4) is 0 Å². The molecule has 1 aromatic rings. The van der Waals surface area contributed by atoms with Crippen molar-refractivity contribution in [3.63, 3.8) is 0 Å². The molecule has 1 aliphatic heterocycles. The highest BCUT2D eigenvalue weighted by atomic mass is 16.6. The molecule has 0 unspecified atom stereocenters. The average Bonchev–Trinajstić information content (AvgIpc) is 2.65. The summed E-state index contributed by atoms with van der Waals surface area (Å²) >= 11 is 0. The van der Waals surface area contributed by atoms with Crippen LogP contribution in [0.25, 0.3) is 0 Å². The molecule has 0 N–H and O–H groups in total. The number of hydrogen-bond donors (Lipinski definition) is 0. The van der Waals surface area contributed by atoms with Crippen LogP contribution in [0.2, 0.25) is 0 Å². The maximum Gasteiger partial charge on any atom is 0.319 e. The Balaban J connectivity index is 2.09. The molecule has 0 spiro atoms. The molecule has 0 bridgehead atoms. The summed E-state index contributed by atoms with van der Waals surface area (Å²) in [6, 6.07) is 5.96. The van der Waals surface area contributed by atoms with E-state index in [1.165, 1.54) is 17.0 Å². The zero-order chi connectivity index (χ0) is 19.4. The lowest BCUT2D eigenvalue weighted by atomic mass is 9.95. The van der Waals surface area contributed by atoms with Crippen LogP contribution in [0.15, 0.2) is 24.3 Å². The van der Waals surface area contributed by atoms with E-state index < -0.39 is 4.92 Å². The van der Waals surface area contributed by atoms with Gasteiger partial charge >= 0.3 is 6.03 Å². The van der Waals surface area contributed by atoms with Crippen molar-refractivity contribution in [2.24, 2.45) is 5.92 Å². The zero-order valence-corrected chi connectivity index (χ0v) is 15.7. The van der Waals surface area contributed by atoms with Gasteiger partial charge in [-0.25, -0.2) is 4.79 Å². The highest BCUT2D eigenvalue weighted by molar-refractivity contribution is 5.81. The van der Waals surface area contributed by atoms with Crippen molar-refractivity contribution in [2.75, 3.05) is 34.2 Å². The molecule has 0 aromatic heterocycles. The van der Waals surface area contributed by atoms with Crippen LogP contribution in [0.4, 0.5) is 10.5 Å². The smallest absolute Gasteiger partial charge is 0.319 e. The van der Waals surface area contributed by atoms with E-state index in [9.17, 15) is 19.7 Å². The van der Waals surface area contributed by atoms with Crippen LogP contribution in [0.3, 0.4) is 0 Å². The summed E-state index contributed by atoms with van der Waals surface area (Å²) in [6.45, 7) is 2.91. The van der Waals surface area contributed by atoms with E-state index in [1.54, 1.807) is 43.1 Å². The van der Waals surface area contributed by atoms with Gasteiger partial charge in [0.1, 0.15) is 0 Å². The van der Waals surface area contributed by atoms with Gasteiger partial charge in [-0.15, -0.1) is 0 Å². The minimum Gasteiger partial charge on any atom is -0.339 e. The fourth-order valence-corrected chi connectivity index (χ4v) is 3.24. The molecule has 1 aliphatic rings. The third kappa shape index (κ3) is 4.30. The van der Waals surface area contributed by atoms with E-state index in [0.717, 1.165) is 12.8 Å². The maximum atomic E-state index is 12.9. The lowest BCUT2D eigenvalue weighted by Crippen LogP contribution is -2.49. The summed E-state index contributed by atoms with van der Waals surface area (Å²) in [4.78, 5) is 40.4. The highest BCUT2D eigenvalue weighted by Crippen LogP contribution is 2.26. The van der Waals surface area contributed by atoms with E-state index in [1.807, 2.05) is 6.92 Å². The number of urea groups is 1. The first-order chi connectivity index (χ1) is 12.2. The fourth-order valence-electron chi connectivity index (χ4n) is 3.24. The first-order valence-corrected chi connectivity index (χ1v) is 8.69. The Bertz CT molecular complexity index is 692. The molecule has 0 aliphatic carbocycles. The number of rotatable bonds is 4. The van der Waals surface area contributed by atoms with Gasteiger partial charge in [0.25, 0.3) is 5.69 Å². The minimum atomic E-state index is -0.441. The molecule has 8 heteroatoms. The molecule has 3 amide bonds. The molecule has 2 rings (SSSR count). The Hall–Kier alpha value is -2.64. The van der Waals surface area contributed by atoms with Crippen molar-refractivity contribution in [2.45, 2.75) is 25.8 Å². The van der Waals surface area contributed by atoms with Gasteiger partial charge in [-0.2, -0.15) is 0 Å². The predicted molar refractivity (Wildman–Crippen MR) is 97.7 cm³/mol. The van der Waals surface area contributed by atoms with Crippen LogP contribution < -0.4 is 0 Å². The maximum absolute atomic E-state index is 12.9. The van der Waals surface area contributed by atoms with E-state index in [4.69, 9.17) is 0 Å². The molecule has 1 heterocycles. The van der Waals surface area contributed by atoms with E-state index in [2.05, 4.69) is 0 Å². The topological polar surface area (TPSA) is 87.0 Å². The largest absolute Gasteiger partial charge is 0.339 e. The number of amides is 3. The number of likely N-dealkylation sites (tertiary alicyclic amines) is 1. The van der Waals surface area contributed by atoms with E-state index in [-0.39, 0.29) is 29.6 Å². The summed E-state index contributed by atoms with van der Waals surface area (Å²) in [5, 5.41) is 11.0. The van der Waals surface area contributed by atoms with Crippen LogP contribution in [-0.4, -0.2) is 65.8 Å². The SMILES string of the molecule is C[C@@H](c1cccc([N+](=O)[O-])c1)N(C)C(=O)[C@H]1CCCN(C(=O)N(C)C)C1. The molecular weight excluding hydrogens is 336 g/mol. The molecule has 2 atom stereocenters. The molecule has 1 saturated heterocycles. The minimum absolute atomic E-state index is 0.00983. The number of hydrogen-bond acceptors (Lipinski definition) is 4. The Morgan fingerprint density at radius 3 is 2.62 bits per heavy atom. The van der Waals surface area contributed by atoms with Crippen LogP contribution in [0, 0.1) is 16.0 Å². The number of benzene rings is 1. The highest BCUT2D eigenvalue weighted by Gasteiger charge is 2.32. The summed E-state index contributed by atoms with van der Waals surface area (Å²) < 4.78 is 0. The van der Waals surface area contributed by atoms with E-state index in [0.29, 0.717) is 18.7 Å². The van der Waals surface area contributed by atoms with Gasteiger partial charge in [0.05, 0.1) is 16.9 Å². The monoisotopic (exact) mass is 362 g/mol. The third-order valence-electron chi connectivity index (χ3n) is 4.92. The molecule has 0 radical (unpaired) electrons. The third-order valence-corrected chi connectivity index (χ3v) is 4.92. The molecule has 142 valence electrons. The number of piperidine rings is 1. The van der Waals surface area contributed by atoms with Gasteiger partial charge in [0.15, 0.2) is 0 Å². The number of nitro benzene ring substituents is 1. The quantitative estimate of drug-likeness (QED) is 0.608. The number of nitro groups is 1. The normalized spacial score (nSPS) is 18.2. The van der Waals surface area contributed by atoms with Crippen molar-refractivity contribution in [1.82, 2.24) is 14.7 Å².